The number of anilines is 1. The van der Waals surface area contributed by atoms with Gasteiger partial charge in [-0.3, -0.25) is 14.4 Å². The summed E-state index contributed by atoms with van der Waals surface area (Å²) in [4.78, 5) is 36.5. The number of aromatic hydroxyl groups is 1. The average Bonchev–Trinajstić information content (AvgIpc) is 2.49. The van der Waals surface area contributed by atoms with E-state index in [1.165, 1.54) is 17.0 Å². The number of piperidine rings is 1. The number of aryl methyl sites for hydroxylation is 1. The van der Waals surface area contributed by atoms with Crippen LogP contribution in [0.5, 0.6) is 5.75 Å². The number of hydrogen-bond donors (Lipinski definition) is 3. The second kappa shape index (κ2) is 6.46. The molecule has 1 heterocycles. The third kappa shape index (κ3) is 3.55. The van der Waals surface area contributed by atoms with Crippen LogP contribution in [0.15, 0.2) is 18.2 Å². The zero-order valence-corrected chi connectivity index (χ0v) is 12.3. The third-order valence-electron chi connectivity index (χ3n) is 3.78. The Morgan fingerprint density at radius 3 is 2.45 bits per heavy atom. The highest BCUT2D eigenvalue weighted by molar-refractivity contribution is 6.39. The molecule has 1 saturated heterocycles. The minimum absolute atomic E-state index is 0.0893. The molecule has 118 valence electrons. The minimum Gasteiger partial charge on any atom is -0.506 e. The van der Waals surface area contributed by atoms with E-state index in [9.17, 15) is 19.5 Å². The highest BCUT2D eigenvalue weighted by atomic mass is 16.3. The van der Waals surface area contributed by atoms with Gasteiger partial charge in [0.25, 0.3) is 0 Å². The van der Waals surface area contributed by atoms with Crippen molar-refractivity contribution in [1.29, 1.82) is 0 Å². The van der Waals surface area contributed by atoms with Crippen LogP contribution in [0.1, 0.15) is 18.4 Å². The maximum absolute atomic E-state index is 12.1. The van der Waals surface area contributed by atoms with Gasteiger partial charge in [0.15, 0.2) is 0 Å². The molecule has 0 aliphatic carbocycles. The number of nitrogens with one attached hydrogen (secondary N) is 1. The number of primary amides is 1. The third-order valence-corrected chi connectivity index (χ3v) is 3.78. The summed E-state index contributed by atoms with van der Waals surface area (Å²) >= 11 is 0. The first-order valence-electron chi connectivity index (χ1n) is 7.07. The Balaban J connectivity index is 1.95. The van der Waals surface area contributed by atoms with E-state index in [4.69, 9.17) is 5.73 Å². The van der Waals surface area contributed by atoms with Gasteiger partial charge in [0.1, 0.15) is 5.75 Å². The van der Waals surface area contributed by atoms with Crippen LogP contribution >= 0.6 is 0 Å². The smallest absolute Gasteiger partial charge is 0.314 e. The topological polar surface area (TPSA) is 113 Å². The van der Waals surface area contributed by atoms with Crippen molar-refractivity contribution in [3.63, 3.8) is 0 Å². The number of phenolic OH excluding ortho intramolecular Hbond substituents is 1. The Hall–Kier alpha value is -2.57. The molecule has 0 bridgehead atoms. The van der Waals surface area contributed by atoms with E-state index in [0.717, 1.165) is 5.56 Å². The van der Waals surface area contributed by atoms with E-state index in [2.05, 4.69) is 5.32 Å². The fourth-order valence-electron chi connectivity index (χ4n) is 2.43. The Kier molecular flexibility index (Phi) is 4.65. The number of amides is 3. The number of hydrogen-bond acceptors (Lipinski definition) is 4. The lowest BCUT2D eigenvalue weighted by molar-refractivity contribution is -0.144. The van der Waals surface area contributed by atoms with E-state index in [1.54, 1.807) is 13.0 Å². The number of likely N-dealkylation sites (tertiary alicyclic amines) is 1. The van der Waals surface area contributed by atoms with Crippen molar-refractivity contribution in [2.24, 2.45) is 11.7 Å². The molecule has 3 amide bonds. The Morgan fingerprint density at radius 2 is 1.91 bits per heavy atom. The van der Waals surface area contributed by atoms with Crippen molar-refractivity contribution >= 4 is 23.4 Å². The Bertz CT molecular complexity index is 607. The molecule has 0 saturated carbocycles. The zero-order chi connectivity index (χ0) is 16.3. The second-order valence-electron chi connectivity index (χ2n) is 5.44. The van der Waals surface area contributed by atoms with Crippen LogP contribution in [-0.4, -0.2) is 40.8 Å². The summed E-state index contributed by atoms with van der Waals surface area (Å²) in [7, 11) is 0. The first-order valence-corrected chi connectivity index (χ1v) is 7.07. The lowest BCUT2D eigenvalue weighted by atomic mass is 9.96. The average molecular weight is 305 g/mol. The van der Waals surface area contributed by atoms with Crippen molar-refractivity contribution < 1.29 is 19.5 Å². The van der Waals surface area contributed by atoms with E-state index in [0.29, 0.717) is 25.9 Å². The highest BCUT2D eigenvalue weighted by Gasteiger charge is 2.29. The normalized spacial score (nSPS) is 15.4. The van der Waals surface area contributed by atoms with Gasteiger partial charge < -0.3 is 21.1 Å². The molecule has 2 rings (SSSR count). The molecule has 0 radical (unpaired) electrons. The first kappa shape index (κ1) is 15.8. The zero-order valence-electron chi connectivity index (χ0n) is 12.3. The summed E-state index contributed by atoms with van der Waals surface area (Å²) in [5.41, 5.74) is 6.26. The monoisotopic (exact) mass is 305 g/mol. The molecule has 1 aromatic rings. The largest absolute Gasteiger partial charge is 0.506 e. The Labute approximate surface area is 128 Å². The molecule has 1 aromatic carbocycles. The number of rotatable bonds is 2. The SMILES string of the molecule is Cc1ccc(NC(=O)C(=O)N2CCC(C(N)=O)CC2)c(O)c1. The molecule has 1 aliphatic heterocycles. The number of nitrogens with two attached hydrogens (primary N) is 1. The van der Waals surface area contributed by atoms with Crippen molar-refractivity contribution in [3.05, 3.63) is 23.8 Å². The van der Waals surface area contributed by atoms with Crippen LogP contribution in [0.3, 0.4) is 0 Å². The highest BCUT2D eigenvalue weighted by Crippen LogP contribution is 2.24. The van der Waals surface area contributed by atoms with E-state index in [-0.39, 0.29) is 23.3 Å². The quantitative estimate of drug-likeness (QED) is 0.541. The number of phenols is 1. The van der Waals surface area contributed by atoms with Crippen LogP contribution in [0, 0.1) is 12.8 Å². The molecule has 22 heavy (non-hydrogen) atoms. The second-order valence-corrected chi connectivity index (χ2v) is 5.44. The lowest BCUT2D eigenvalue weighted by Crippen LogP contribution is -2.46. The van der Waals surface area contributed by atoms with Gasteiger partial charge in [0.05, 0.1) is 5.69 Å². The molecule has 0 unspecified atom stereocenters. The van der Waals surface area contributed by atoms with E-state index >= 15 is 0 Å². The summed E-state index contributed by atoms with van der Waals surface area (Å²) in [6.07, 6.45) is 0.925. The van der Waals surface area contributed by atoms with Gasteiger partial charge in [-0.25, -0.2) is 0 Å². The summed E-state index contributed by atoms with van der Waals surface area (Å²) in [6, 6.07) is 4.76. The number of carbonyl (C=O) groups excluding carboxylic acids is 3. The lowest BCUT2D eigenvalue weighted by Gasteiger charge is -2.29. The fraction of sp³-hybridized carbons (Fsp3) is 0.400. The van der Waals surface area contributed by atoms with E-state index < -0.39 is 11.8 Å². The summed E-state index contributed by atoms with van der Waals surface area (Å²) in [5.74, 6) is -2.19. The van der Waals surface area contributed by atoms with Crippen molar-refractivity contribution in [2.75, 3.05) is 18.4 Å². The number of carbonyl (C=O) groups is 3. The predicted octanol–water partition coefficient (Wildman–Crippen LogP) is 0.363. The van der Waals surface area contributed by atoms with Gasteiger partial charge in [0.2, 0.25) is 5.91 Å². The number of nitrogens with zero attached hydrogens (tertiary/aromatic N) is 1. The van der Waals surface area contributed by atoms with Crippen LogP contribution in [0.4, 0.5) is 5.69 Å². The van der Waals surface area contributed by atoms with Crippen LogP contribution in [-0.2, 0) is 14.4 Å². The van der Waals surface area contributed by atoms with Crippen molar-refractivity contribution in [2.45, 2.75) is 19.8 Å². The van der Waals surface area contributed by atoms with Gasteiger partial charge in [0, 0.05) is 19.0 Å². The molecule has 4 N–H and O–H groups in total. The van der Waals surface area contributed by atoms with Gasteiger partial charge in [-0.2, -0.15) is 0 Å². The van der Waals surface area contributed by atoms with Gasteiger partial charge in [-0.15, -0.1) is 0 Å². The van der Waals surface area contributed by atoms with Gasteiger partial charge >= 0.3 is 11.8 Å². The van der Waals surface area contributed by atoms with E-state index in [1.807, 2.05) is 0 Å². The maximum atomic E-state index is 12.1. The van der Waals surface area contributed by atoms with Crippen molar-refractivity contribution in [3.8, 4) is 5.75 Å². The molecule has 1 fully saturated rings. The van der Waals surface area contributed by atoms with Crippen LogP contribution < -0.4 is 11.1 Å². The number of benzene rings is 1. The fourth-order valence-corrected chi connectivity index (χ4v) is 2.43. The first-order chi connectivity index (χ1) is 10.4. The molecule has 0 spiro atoms. The molecular formula is C15H19N3O4. The molecule has 7 nitrogen and oxygen atoms in total. The standard InChI is InChI=1S/C15H19N3O4/c1-9-2-3-11(12(19)8-9)17-14(21)15(22)18-6-4-10(5-7-18)13(16)20/h2-3,8,10,19H,4-7H2,1H3,(H2,16,20)(H,17,21). The summed E-state index contributed by atoms with van der Waals surface area (Å²) < 4.78 is 0. The molecule has 0 atom stereocenters. The molecule has 7 heteroatoms. The predicted molar refractivity (Wildman–Crippen MR) is 80.0 cm³/mol. The minimum atomic E-state index is -0.809. The Morgan fingerprint density at radius 1 is 1.27 bits per heavy atom. The molecule has 1 aliphatic rings. The van der Waals surface area contributed by atoms with Crippen LogP contribution in [0.2, 0.25) is 0 Å². The molecule has 0 aromatic heterocycles. The van der Waals surface area contributed by atoms with Gasteiger partial charge in [-0.1, -0.05) is 6.07 Å². The summed E-state index contributed by atoms with van der Waals surface area (Å²) in [6.45, 7) is 2.44. The summed E-state index contributed by atoms with van der Waals surface area (Å²) in [5, 5.41) is 12.1. The van der Waals surface area contributed by atoms with Gasteiger partial charge in [-0.05, 0) is 37.5 Å². The molecular weight excluding hydrogens is 286 g/mol. The van der Waals surface area contributed by atoms with Crippen molar-refractivity contribution in [1.82, 2.24) is 4.90 Å². The van der Waals surface area contributed by atoms with Crippen LogP contribution in [0.25, 0.3) is 0 Å². The maximum Gasteiger partial charge on any atom is 0.314 e.